The number of ether oxygens (including phenoxy) is 2. The highest BCUT2D eigenvalue weighted by Crippen LogP contribution is 2.39. The summed E-state index contributed by atoms with van der Waals surface area (Å²) in [6, 6.07) is 33.8. The average molecular weight is 839 g/mol. The van der Waals surface area contributed by atoms with Crippen molar-refractivity contribution >= 4 is 68.1 Å². The maximum absolute atomic E-state index is 12.1. The van der Waals surface area contributed by atoms with Crippen LogP contribution in [0, 0.1) is 0 Å². The largest absolute Gasteiger partial charge is 0.463 e. The van der Waals surface area contributed by atoms with Crippen molar-refractivity contribution < 1.29 is 23.5 Å². The number of unbranched alkanes of at least 4 members (excludes halogenated alkanes) is 2. The van der Waals surface area contributed by atoms with Crippen molar-refractivity contribution in [3.8, 4) is 0 Å². The summed E-state index contributed by atoms with van der Waals surface area (Å²) in [4.78, 5) is 32.5. The number of hydrogen-bond donors (Lipinski definition) is 0. The number of fused-ring (bicyclic) bond motifs is 2. The lowest BCUT2D eigenvalue weighted by Crippen LogP contribution is -2.34. The Hall–Kier alpha value is -4.38. The number of amides is 2. The van der Waals surface area contributed by atoms with Crippen LogP contribution in [0.1, 0.15) is 78.4 Å². The molecule has 0 aliphatic heterocycles. The Morgan fingerprint density at radius 2 is 1.05 bits per heavy atom. The molecule has 0 atom stereocenters. The molecule has 2 aromatic heterocycles. The molecule has 0 saturated heterocycles. The second-order valence-electron chi connectivity index (χ2n) is 16.3. The summed E-state index contributed by atoms with van der Waals surface area (Å²) in [5, 5.41) is 4.73. The molecule has 0 radical (unpaired) electrons. The van der Waals surface area contributed by atoms with Gasteiger partial charge in [-0.05, 0) is 122 Å². The zero-order chi connectivity index (χ0) is 41.7. The van der Waals surface area contributed by atoms with Crippen LogP contribution < -0.4 is 0 Å². The lowest BCUT2D eigenvalue weighted by molar-refractivity contribution is 0.0286. The number of aryl methyl sites for hydroxylation is 2. The van der Waals surface area contributed by atoms with Gasteiger partial charge in [0.1, 0.15) is 23.0 Å². The number of furan rings is 1. The summed E-state index contributed by atoms with van der Waals surface area (Å²) >= 11 is 5.40. The SMILES string of the molecule is CN(CCCCc1ccccc1Sc1coc2ccccc12)C(=O)OC(C)(C)C.CN(CCCCc1ccccc1Sc1csc2ccccc12)C(=O)OC(C)(C)C. The molecule has 0 fully saturated rings. The number of carbonyl (C=O) groups excluding carboxylic acids is 2. The summed E-state index contributed by atoms with van der Waals surface area (Å²) in [6.45, 7) is 12.7. The van der Waals surface area contributed by atoms with Crippen LogP contribution in [0.5, 0.6) is 0 Å². The Kier molecular flexibility index (Phi) is 16.2. The van der Waals surface area contributed by atoms with Crippen LogP contribution in [-0.4, -0.2) is 60.4 Å². The molecule has 308 valence electrons. The highest BCUT2D eigenvalue weighted by Gasteiger charge is 2.20. The first kappa shape index (κ1) is 44.7. The lowest BCUT2D eigenvalue weighted by Gasteiger charge is -2.24. The molecule has 0 aliphatic carbocycles. The molecule has 0 spiro atoms. The van der Waals surface area contributed by atoms with Gasteiger partial charge in [-0.1, -0.05) is 90.3 Å². The van der Waals surface area contributed by atoms with E-state index in [-0.39, 0.29) is 12.2 Å². The van der Waals surface area contributed by atoms with E-state index in [4.69, 9.17) is 13.9 Å². The van der Waals surface area contributed by atoms with E-state index in [1.807, 2.05) is 77.8 Å². The molecule has 10 heteroatoms. The third kappa shape index (κ3) is 13.9. The van der Waals surface area contributed by atoms with Crippen LogP contribution in [0.2, 0.25) is 0 Å². The highest BCUT2D eigenvalue weighted by atomic mass is 32.2. The Morgan fingerprint density at radius 3 is 1.60 bits per heavy atom. The molecular formula is C48H58N2O5S3. The van der Waals surface area contributed by atoms with Gasteiger partial charge in [0.25, 0.3) is 0 Å². The fraction of sp³-hybridized carbons (Fsp3) is 0.375. The van der Waals surface area contributed by atoms with Gasteiger partial charge in [-0.25, -0.2) is 9.59 Å². The quantitative estimate of drug-likeness (QED) is 0.101. The van der Waals surface area contributed by atoms with Gasteiger partial charge in [-0.15, -0.1) is 11.3 Å². The zero-order valence-corrected chi connectivity index (χ0v) is 37.7. The number of nitrogens with zero attached hydrogens (tertiary/aromatic N) is 2. The highest BCUT2D eigenvalue weighted by molar-refractivity contribution is 8.00. The molecular weight excluding hydrogens is 781 g/mol. The van der Waals surface area contributed by atoms with Crippen LogP contribution in [0.15, 0.2) is 133 Å². The second-order valence-corrected chi connectivity index (χ2v) is 19.4. The van der Waals surface area contributed by atoms with E-state index in [9.17, 15) is 9.59 Å². The molecule has 0 unspecified atom stereocenters. The fourth-order valence-corrected chi connectivity index (χ4v) is 9.37. The average Bonchev–Trinajstić information content (AvgIpc) is 3.79. The first-order chi connectivity index (χ1) is 27.7. The third-order valence-electron chi connectivity index (χ3n) is 9.07. The Labute approximate surface area is 357 Å². The molecule has 0 aliphatic rings. The number of para-hydroxylation sites is 1. The van der Waals surface area contributed by atoms with Crippen molar-refractivity contribution in [1.82, 2.24) is 9.80 Å². The Morgan fingerprint density at radius 1 is 0.586 bits per heavy atom. The van der Waals surface area contributed by atoms with E-state index in [2.05, 4.69) is 84.2 Å². The second kappa shape index (κ2) is 21.0. The van der Waals surface area contributed by atoms with Crippen molar-refractivity contribution in [2.24, 2.45) is 0 Å². The van der Waals surface area contributed by atoms with Crippen LogP contribution in [-0.2, 0) is 22.3 Å². The van der Waals surface area contributed by atoms with Crippen molar-refractivity contribution in [3.05, 3.63) is 120 Å². The minimum absolute atomic E-state index is 0.252. The van der Waals surface area contributed by atoms with Gasteiger partial charge in [0.15, 0.2) is 0 Å². The molecule has 0 saturated carbocycles. The molecule has 6 rings (SSSR count). The maximum Gasteiger partial charge on any atom is 0.410 e. The topological polar surface area (TPSA) is 72.2 Å². The van der Waals surface area contributed by atoms with E-state index in [0.717, 1.165) is 54.4 Å². The molecule has 0 bridgehead atoms. The predicted octanol–water partition coefficient (Wildman–Crippen LogP) is 14.0. The van der Waals surface area contributed by atoms with Crippen molar-refractivity contribution in [1.29, 1.82) is 0 Å². The molecule has 2 heterocycles. The Bertz CT molecular complexity index is 2070. The predicted molar refractivity (Wildman–Crippen MR) is 243 cm³/mol. The summed E-state index contributed by atoms with van der Waals surface area (Å²) in [7, 11) is 3.60. The molecule has 2 amide bonds. The van der Waals surface area contributed by atoms with Gasteiger partial charge in [-0.3, -0.25) is 0 Å². The van der Waals surface area contributed by atoms with Gasteiger partial charge < -0.3 is 23.7 Å². The summed E-state index contributed by atoms with van der Waals surface area (Å²) in [5.74, 6) is 0. The van der Waals surface area contributed by atoms with Crippen LogP contribution >= 0.6 is 34.9 Å². The monoisotopic (exact) mass is 838 g/mol. The molecule has 0 N–H and O–H groups in total. The molecule has 58 heavy (non-hydrogen) atoms. The van der Waals surface area contributed by atoms with E-state index in [0.29, 0.717) is 13.1 Å². The minimum atomic E-state index is -0.460. The van der Waals surface area contributed by atoms with E-state index < -0.39 is 11.2 Å². The van der Waals surface area contributed by atoms with Crippen molar-refractivity contribution in [2.45, 2.75) is 111 Å². The van der Waals surface area contributed by atoms with E-state index >= 15 is 0 Å². The summed E-state index contributed by atoms with van der Waals surface area (Å²) < 4.78 is 17.8. The summed E-state index contributed by atoms with van der Waals surface area (Å²) in [5.41, 5.74) is 2.69. The molecule has 6 aromatic rings. The minimum Gasteiger partial charge on any atom is -0.463 e. The zero-order valence-electron chi connectivity index (χ0n) is 35.2. The standard InChI is InChI=1S/C24H29NO3S.C24H29NO2S2/c1-24(2,3)28-23(26)25(4)16-10-9-12-18-11-5-8-15-21(18)29-22-17-27-20-14-7-6-13-19(20)22;1-24(2,3)27-23(26)25(4)16-10-9-12-18-11-5-7-14-20(18)29-22-17-28-21-15-8-6-13-19(21)22/h2*5-8,11,13-15,17H,9-10,12,16H2,1-4H3. The number of rotatable bonds is 14. The van der Waals surface area contributed by atoms with Gasteiger partial charge in [0.05, 0.1) is 4.90 Å². The first-order valence-electron chi connectivity index (χ1n) is 20.0. The Balaban J connectivity index is 0.000000221. The van der Waals surface area contributed by atoms with Crippen LogP contribution in [0.25, 0.3) is 21.1 Å². The van der Waals surface area contributed by atoms with E-state index in [1.165, 1.54) is 35.9 Å². The van der Waals surface area contributed by atoms with E-state index in [1.54, 1.807) is 47.0 Å². The number of carbonyl (C=O) groups is 2. The molecule has 4 aromatic carbocycles. The molecule has 7 nitrogen and oxygen atoms in total. The van der Waals surface area contributed by atoms with Gasteiger partial charge in [-0.2, -0.15) is 0 Å². The third-order valence-corrected chi connectivity index (χ3v) is 12.5. The normalized spacial score (nSPS) is 11.6. The smallest absolute Gasteiger partial charge is 0.410 e. The van der Waals surface area contributed by atoms with Crippen LogP contribution in [0.4, 0.5) is 9.59 Å². The van der Waals surface area contributed by atoms with Crippen molar-refractivity contribution in [2.75, 3.05) is 27.2 Å². The summed E-state index contributed by atoms with van der Waals surface area (Å²) in [6.07, 6.45) is 7.24. The van der Waals surface area contributed by atoms with Gasteiger partial charge >= 0.3 is 12.2 Å². The lowest BCUT2D eigenvalue weighted by atomic mass is 10.1. The van der Waals surface area contributed by atoms with Gasteiger partial charge in [0.2, 0.25) is 0 Å². The first-order valence-corrected chi connectivity index (χ1v) is 22.5. The van der Waals surface area contributed by atoms with Crippen LogP contribution in [0.3, 0.4) is 0 Å². The van der Waals surface area contributed by atoms with Crippen molar-refractivity contribution in [3.63, 3.8) is 0 Å². The number of benzene rings is 4. The van der Waals surface area contributed by atoms with Gasteiger partial charge in [0, 0.05) is 62.7 Å². The number of thiophene rings is 1. The fourth-order valence-electron chi connectivity index (χ4n) is 6.11. The maximum atomic E-state index is 12.1. The number of hydrogen-bond acceptors (Lipinski definition) is 8.